The number of carboxylic acids is 1. The Labute approximate surface area is 226 Å². The SMILES string of the molecule is CN(C)CC(=O)N(C)c1ccc(NC(=C2C(=O)Nc3cc(Cl)ccc32)c2cccc(CCC(=O)O)c2)cc1. The lowest BCUT2D eigenvalue weighted by molar-refractivity contribution is -0.137. The van der Waals surface area contributed by atoms with Gasteiger partial charge in [-0.1, -0.05) is 35.9 Å². The fourth-order valence-electron chi connectivity index (χ4n) is 4.24. The van der Waals surface area contributed by atoms with Gasteiger partial charge in [0, 0.05) is 35.4 Å². The van der Waals surface area contributed by atoms with Gasteiger partial charge in [-0.25, -0.2) is 0 Å². The highest BCUT2D eigenvalue weighted by atomic mass is 35.5. The van der Waals surface area contributed by atoms with E-state index in [4.69, 9.17) is 16.7 Å². The minimum absolute atomic E-state index is 0.00608. The molecule has 1 aliphatic rings. The van der Waals surface area contributed by atoms with Crippen molar-refractivity contribution in [3.05, 3.63) is 88.4 Å². The van der Waals surface area contributed by atoms with Gasteiger partial charge in [-0.2, -0.15) is 0 Å². The van der Waals surface area contributed by atoms with E-state index in [2.05, 4.69) is 10.6 Å². The van der Waals surface area contributed by atoms with Gasteiger partial charge in [-0.15, -0.1) is 0 Å². The van der Waals surface area contributed by atoms with Crippen LogP contribution in [0.4, 0.5) is 17.1 Å². The number of aryl methyl sites for hydroxylation is 1. The van der Waals surface area contributed by atoms with Gasteiger partial charge in [0.15, 0.2) is 0 Å². The molecule has 4 rings (SSSR count). The number of hydrogen-bond acceptors (Lipinski definition) is 5. The summed E-state index contributed by atoms with van der Waals surface area (Å²) in [6.45, 7) is 0.295. The lowest BCUT2D eigenvalue weighted by Crippen LogP contribution is -2.34. The Morgan fingerprint density at radius 3 is 2.42 bits per heavy atom. The summed E-state index contributed by atoms with van der Waals surface area (Å²) in [5, 5.41) is 15.9. The van der Waals surface area contributed by atoms with E-state index in [-0.39, 0.29) is 18.2 Å². The summed E-state index contributed by atoms with van der Waals surface area (Å²) >= 11 is 6.15. The number of nitrogens with one attached hydrogen (secondary N) is 2. The van der Waals surface area contributed by atoms with Crippen LogP contribution in [0.1, 0.15) is 23.1 Å². The van der Waals surface area contributed by atoms with Crippen LogP contribution in [0, 0.1) is 0 Å². The molecule has 0 saturated heterocycles. The quantitative estimate of drug-likeness (QED) is 0.342. The summed E-state index contributed by atoms with van der Waals surface area (Å²) < 4.78 is 0. The average molecular weight is 533 g/mol. The molecule has 1 aliphatic heterocycles. The third kappa shape index (κ3) is 6.22. The van der Waals surface area contributed by atoms with Crippen LogP contribution >= 0.6 is 11.6 Å². The maximum atomic E-state index is 13.2. The number of carbonyl (C=O) groups excluding carboxylic acids is 2. The van der Waals surface area contributed by atoms with Crippen LogP contribution in [0.5, 0.6) is 0 Å². The molecule has 0 aliphatic carbocycles. The van der Waals surface area contributed by atoms with Crippen LogP contribution in [0.2, 0.25) is 5.02 Å². The molecule has 0 atom stereocenters. The number of nitrogens with zero attached hydrogens (tertiary/aromatic N) is 2. The van der Waals surface area contributed by atoms with Crippen LogP contribution in [0.25, 0.3) is 11.3 Å². The first-order valence-corrected chi connectivity index (χ1v) is 12.4. The Morgan fingerprint density at radius 1 is 1.00 bits per heavy atom. The summed E-state index contributed by atoms with van der Waals surface area (Å²) in [6, 6.07) is 20.1. The molecular formula is C29H29ClN4O4. The Balaban J connectivity index is 1.73. The van der Waals surface area contributed by atoms with Crippen LogP contribution in [-0.2, 0) is 20.8 Å². The minimum Gasteiger partial charge on any atom is -0.481 e. The normalized spacial score (nSPS) is 13.7. The van der Waals surface area contributed by atoms with Crippen molar-refractivity contribution in [2.75, 3.05) is 43.2 Å². The second-order valence-electron chi connectivity index (χ2n) is 9.35. The van der Waals surface area contributed by atoms with Crippen LogP contribution in [0.15, 0.2) is 66.7 Å². The Bertz CT molecular complexity index is 1420. The smallest absolute Gasteiger partial charge is 0.303 e. The number of carboxylic acid groups (broad SMARTS) is 1. The van der Waals surface area contributed by atoms with E-state index in [1.54, 1.807) is 30.1 Å². The Morgan fingerprint density at radius 2 is 1.74 bits per heavy atom. The standard InChI is InChI=1S/C29H29ClN4O4/c1-33(2)17-25(35)34(3)22-11-9-21(10-12-22)31-28(19-6-4-5-18(15-19)7-14-26(36)37)27-23-13-8-20(30)16-24(23)32-29(27)38/h4-6,8-13,15-16,31H,7,14,17H2,1-3H3,(H,32,38)(H,36,37). The zero-order valence-electron chi connectivity index (χ0n) is 21.4. The Kier molecular flexibility index (Phi) is 8.14. The molecule has 0 radical (unpaired) electrons. The predicted octanol–water partition coefficient (Wildman–Crippen LogP) is 4.81. The number of carbonyl (C=O) groups is 3. The van der Waals surface area contributed by atoms with Gasteiger partial charge in [-0.05, 0) is 74.1 Å². The number of benzene rings is 3. The lowest BCUT2D eigenvalue weighted by Gasteiger charge is -2.20. The minimum atomic E-state index is -0.873. The monoisotopic (exact) mass is 532 g/mol. The van der Waals surface area contributed by atoms with E-state index in [0.29, 0.717) is 40.5 Å². The van der Waals surface area contributed by atoms with Crippen molar-refractivity contribution < 1.29 is 19.5 Å². The largest absolute Gasteiger partial charge is 0.481 e. The predicted molar refractivity (Wildman–Crippen MR) is 151 cm³/mol. The number of likely N-dealkylation sites (N-methyl/N-ethyl adjacent to an activating group) is 2. The summed E-state index contributed by atoms with van der Waals surface area (Å²) in [6.07, 6.45) is 0.373. The van der Waals surface area contributed by atoms with Crippen molar-refractivity contribution in [1.29, 1.82) is 0 Å². The first-order chi connectivity index (χ1) is 18.1. The van der Waals surface area contributed by atoms with Crippen molar-refractivity contribution in [1.82, 2.24) is 4.90 Å². The average Bonchev–Trinajstić information content (AvgIpc) is 3.20. The lowest BCUT2D eigenvalue weighted by atomic mass is 9.97. The first-order valence-electron chi connectivity index (χ1n) is 12.1. The first kappa shape index (κ1) is 26.9. The van der Waals surface area contributed by atoms with E-state index in [1.165, 1.54) is 0 Å². The molecule has 3 N–H and O–H groups in total. The molecule has 0 unspecified atom stereocenters. The van der Waals surface area contributed by atoms with E-state index in [0.717, 1.165) is 22.5 Å². The van der Waals surface area contributed by atoms with Crippen LogP contribution < -0.4 is 15.5 Å². The topological polar surface area (TPSA) is 102 Å². The van der Waals surface area contributed by atoms with Crippen LogP contribution in [-0.4, -0.2) is 55.5 Å². The molecule has 0 saturated carbocycles. The maximum absolute atomic E-state index is 13.2. The van der Waals surface area contributed by atoms with Gasteiger partial charge in [0.25, 0.3) is 5.91 Å². The third-order valence-electron chi connectivity index (χ3n) is 6.17. The number of aliphatic carboxylic acids is 1. The van der Waals surface area contributed by atoms with Gasteiger partial charge < -0.3 is 25.5 Å². The zero-order chi connectivity index (χ0) is 27.4. The summed E-state index contributed by atoms with van der Waals surface area (Å²) in [4.78, 5) is 40.1. The van der Waals surface area contributed by atoms with E-state index in [9.17, 15) is 14.4 Å². The molecule has 0 aromatic heterocycles. The number of fused-ring (bicyclic) bond motifs is 1. The van der Waals surface area contributed by atoms with Gasteiger partial charge in [-0.3, -0.25) is 14.4 Å². The molecule has 9 heteroatoms. The van der Waals surface area contributed by atoms with Gasteiger partial charge in [0.2, 0.25) is 5.91 Å². The van der Waals surface area contributed by atoms with Crippen molar-refractivity contribution in [2.45, 2.75) is 12.8 Å². The molecule has 38 heavy (non-hydrogen) atoms. The highest BCUT2D eigenvalue weighted by Gasteiger charge is 2.29. The van der Waals surface area contributed by atoms with E-state index in [1.807, 2.05) is 67.5 Å². The maximum Gasteiger partial charge on any atom is 0.303 e. The summed E-state index contributed by atoms with van der Waals surface area (Å²) in [5.41, 5.74) is 5.40. The molecule has 1 heterocycles. The van der Waals surface area contributed by atoms with E-state index >= 15 is 0 Å². The van der Waals surface area contributed by atoms with Crippen molar-refractivity contribution in [3.63, 3.8) is 0 Å². The van der Waals surface area contributed by atoms with Crippen LogP contribution in [0.3, 0.4) is 0 Å². The molecule has 3 aromatic carbocycles. The molecule has 0 bridgehead atoms. The van der Waals surface area contributed by atoms with Crippen molar-refractivity contribution in [2.24, 2.45) is 0 Å². The highest BCUT2D eigenvalue weighted by Crippen LogP contribution is 2.39. The zero-order valence-corrected chi connectivity index (χ0v) is 22.2. The van der Waals surface area contributed by atoms with E-state index < -0.39 is 5.97 Å². The van der Waals surface area contributed by atoms with Gasteiger partial charge >= 0.3 is 5.97 Å². The fraction of sp³-hybridized carbons (Fsp3) is 0.207. The number of anilines is 3. The number of hydrogen-bond donors (Lipinski definition) is 3. The molecule has 0 fully saturated rings. The summed E-state index contributed by atoms with van der Waals surface area (Å²) in [7, 11) is 5.42. The van der Waals surface area contributed by atoms with Gasteiger partial charge in [0.1, 0.15) is 0 Å². The molecule has 196 valence electrons. The number of amides is 2. The second kappa shape index (κ2) is 11.5. The molecular weight excluding hydrogens is 504 g/mol. The second-order valence-corrected chi connectivity index (χ2v) is 9.79. The molecule has 3 aromatic rings. The van der Waals surface area contributed by atoms with Crippen molar-refractivity contribution >= 4 is 57.7 Å². The fourth-order valence-corrected chi connectivity index (χ4v) is 4.41. The van der Waals surface area contributed by atoms with Gasteiger partial charge in [0.05, 0.1) is 23.5 Å². The number of halogens is 1. The summed E-state index contributed by atoms with van der Waals surface area (Å²) in [5.74, 6) is -1.18. The number of rotatable bonds is 9. The highest BCUT2D eigenvalue weighted by molar-refractivity contribution is 6.38. The molecule has 2 amide bonds. The Hall–Kier alpha value is -4.14. The van der Waals surface area contributed by atoms with Crippen molar-refractivity contribution in [3.8, 4) is 0 Å². The molecule has 0 spiro atoms. The third-order valence-corrected chi connectivity index (χ3v) is 6.40. The molecule has 8 nitrogen and oxygen atoms in total.